The van der Waals surface area contributed by atoms with Crippen molar-refractivity contribution in [2.24, 2.45) is 7.05 Å². The van der Waals surface area contributed by atoms with Crippen LogP contribution in [-0.4, -0.2) is 0 Å². The molecule has 3 heteroatoms. The van der Waals surface area contributed by atoms with Crippen molar-refractivity contribution in [1.82, 2.24) is 0 Å². The van der Waals surface area contributed by atoms with Crippen molar-refractivity contribution in [3.63, 3.8) is 0 Å². The first kappa shape index (κ1) is 17.6. The summed E-state index contributed by atoms with van der Waals surface area (Å²) >= 11 is 1.77. The molecule has 2 aromatic heterocycles. The van der Waals surface area contributed by atoms with Crippen LogP contribution < -0.4 is 4.57 Å². The van der Waals surface area contributed by atoms with Crippen LogP contribution in [-0.2, 0) is 7.05 Å². The molecule has 0 amide bonds. The van der Waals surface area contributed by atoms with Gasteiger partial charge in [-0.3, -0.25) is 0 Å². The Balaban J connectivity index is 1.81. The lowest BCUT2D eigenvalue weighted by Gasteiger charge is -2.08. The summed E-state index contributed by atoms with van der Waals surface area (Å²) in [6.07, 6.45) is 2.14. The van der Waals surface area contributed by atoms with Crippen LogP contribution >= 0.6 is 11.3 Å². The van der Waals surface area contributed by atoms with Crippen LogP contribution in [0.2, 0.25) is 0 Å². The number of hydrogen-bond acceptors (Lipinski definition) is 2. The van der Waals surface area contributed by atoms with Gasteiger partial charge in [-0.25, -0.2) is 4.57 Å². The minimum Gasteiger partial charge on any atom is -0.201 e. The van der Waals surface area contributed by atoms with Crippen molar-refractivity contribution >= 4 is 31.5 Å². The molecule has 0 radical (unpaired) electrons. The molecule has 0 fully saturated rings. The maximum absolute atomic E-state index is 9.28. The Hall–Kier alpha value is -3.48. The molecule has 0 spiro atoms. The topological polar surface area (TPSA) is 27.7 Å². The van der Waals surface area contributed by atoms with Crippen LogP contribution in [0.4, 0.5) is 0 Å². The van der Waals surface area contributed by atoms with Gasteiger partial charge in [-0.1, -0.05) is 48.5 Å². The molecule has 0 bridgehead atoms. The van der Waals surface area contributed by atoms with Gasteiger partial charge in [0.25, 0.3) is 0 Å². The van der Waals surface area contributed by atoms with Gasteiger partial charge in [0.15, 0.2) is 6.20 Å². The number of fused-ring (bicyclic) bond motifs is 3. The maximum atomic E-state index is 9.28. The summed E-state index contributed by atoms with van der Waals surface area (Å²) in [4.78, 5) is 0. The van der Waals surface area contributed by atoms with Crippen molar-refractivity contribution in [2.45, 2.75) is 6.92 Å². The largest absolute Gasteiger partial charge is 0.214 e. The third-order valence-electron chi connectivity index (χ3n) is 5.49. The van der Waals surface area contributed by atoms with E-state index in [-0.39, 0.29) is 0 Å². The molecule has 0 atom stereocenters. The quantitative estimate of drug-likeness (QED) is 0.320. The second-order valence-electron chi connectivity index (χ2n) is 7.34. The highest BCUT2D eigenvalue weighted by Gasteiger charge is 2.20. The van der Waals surface area contributed by atoms with Gasteiger partial charge in [-0.2, -0.15) is 5.26 Å². The van der Waals surface area contributed by atoms with Gasteiger partial charge in [-0.05, 0) is 35.7 Å². The number of nitrogens with zero attached hydrogens (tertiary/aromatic N) is 2. The Labute approximate surface area is 173 Å². The first-order valence-electron chi connectivity index (χ1n) is 9.57. The van der Waals surface area contributed by atoms with Gasteiger partial charge < -0.3 is 0 Å². The van der Waals surface area contributed by atoms with Crippen molar-refractivity contribution in [2.75, 3.05) is 0 Å². The van der Waals surface area contributed by atoms with E-state index in [4.69, 9.17) is 0 Å². The molecule has 0 saturated carbocycles. The molecule has 0 aliphatic heterocycles. The summed E-state index contributed by atoms with van der Waals surface area (Å²) < 4.78 is 4.63. The number of hydrogen-bond donors (Lipinski definition) is 0. The molecule has 0 N–H and O–H groups in total. The van der Waals surface area contributed by atoms with Gasteiger partial charge >= 0.3 is 0 Å². The Morgan fingerprint density at radius 2 is 1.66 bits per heavy atom. The van der Waals surface area contributed by atoms with Gasteiger partial charge in [0, 0.05) is 32.3 Å². The Kier molecular flexibility index (Phi) is 4.16. The standard InChI is InChI=1S/C26H19N2S/c1-17-8-10-22-21-11-9-18(16-27)14-24(21)29-26(22)25(17)23-15-20(12-13-28(23)2)19-6-4-3-5-7-19/h3-15H,1-2H3/q+1. The van der Waals surface area contributed by atoms with Crippen molar-refractivity contribution in [1.29, 1.82) is 5.26 Å². The predicted molar refractivity (Wildman–Crippen MR) is 121 cm³/mol. The summed E-state index contributed by atoms with van der Waals surface area (Å²) in [6, 6.07) is 27.6. The van der Waals surface area contributed by atoms with Gasteiger partial charge in [-0.15, -0.1) is 11.3 Å². The zero-order chi connectivity index (χ0) is 20.0. The molecule has 2 nitrogen and oxygen atoms in total. The smallest absolute Gasteiger partial charge is 0.201 e. The number of thiophene rings is 1. The van der Waals surface area contributed by atoms with Gasteiger partial charge in [0.1, 0.15) is 7.05 Å². The average Bonchev–Trinajstić information content (AvgIpc) is 3.12. The normalized spacial score (nSPS) is 11.1. The van der Waals surface area contributed by atoms with Crippen LogP contribution in [0.3, 0.4) is 0 Å². The average molecular weight is 392 g/mol. The van der Waals surface area contributed by atoms with E-state index in [1.54, 1.807) is 11.3 Å². The molecule has 0 saturated heterocycles. The molecular weight excluding hydrogens is 372 g/mol. The molecule has 2 heterocycles. The number of nitriles is 1. The zero-order valence-electron chi connectivity index (χ0n) is 16.3. The molecule has 5 aromatic rings. The third-order valence-corrected chi connectivity index (χ3v) is 6.68. The lowest BCUT2D eigenvalue weighted by molar-refractivity contribution is -0.660. The van der Waals surface area contributed by atoms with E-state index in [1.165, 1.54) is 43.4 Å². The minimum absolute atomic E-state index is 0.707. The van der Waals surface area contributed by atoms with E-state index in [0.29, 0.717) is 5.56 Å². The van der Waals surface area contributed by atoms with E-state index in [9.17, 15) is 5.26 Å². The van der Waals surface area contributed by atoms with E-state index >= 15 is 0 Å². The first-order chi connectivity index (χ1) is 14.2. The fraction of sp³-hybridized carbons (Fsp3) is 0.0769. The Bertz CT molecular complexity index is 1420. The van der Waals surface area contributed by atoms with E-state index in [1.807, 2.05) is 18.2 Å². The highest BCUT2D eigenvalue weighted by atomic mass is 32.1. The van der Waals surface area contributed by atoms with Gasteiger partial charge in [0.2, 0.25) is 5.69 Å². The van der Waals surface area contributed by atoms with E-state index < -0.39 is 0 Å². The second-order valence-corrected chi connectivity index (χ2v) is 8.39. The minimum atomic E-state index is 0.707. The second kappa shape index (κ2) is 6.84. The van der Waals surface area contributed by atoms with Crippen LogP contribution in [0, 0.1) is 18.3 Å². The van der Waals surface area contributed by atoms with Crippen LogP contribution in [0.15, 0.2) is 79.0 Å². The summed E-state index contributed by atoms with van der Waals surface area (Å²) in [5.41, 5.74) is 6.85. The number of aryl methyl sites for hydroxylation is 2. The number of benzene rings is 3. The van der Waals surface area contributed by atoms with Gasteiger partial charge in [0.05, 0.1) is 17.2 Å². The molecule has 138 valence electrons. The molecular formula is C26H19N2S+. The Morgan fingerprint density at radius 3 is 2.45 bits per heavy atom. The molecule has 0 aliphatic rings. The number of pyridine rings is 1. The Morgan fingerprint density at radius 1 is 0.862 bits per heavy atom. The number of rotatable bonds is 2. The fourth-order valence-corrected chi connectivity index (χ4v) is 5.30. The summed E-state index contributed by atoms with van der Waals surface area (Å²) in [5, 5.41) is 11.7. The lowest BCUT2D eigenvalue weighted by Crippen LogP contribution is -2.30. The van der Waals surface area contributed by atoms with Crippen LogP contribution in [0.25, 0.3) is 42.6 Å². The van der Waals surface area contributed by atoms with Crippen molar-refractivity contribution < 1.29 is 4.57 Å². The maximum Gasteiger partial charge on any atom is 0.214 e. The predicted octanol–water partition coefficient (Wildman–Crippen LogP) is 6.39. The fourth-order valence-electron chi connectivity index (χ4n) is 3.95. The monoisotopic (exact) mass is 391 g/mol. The van der Waals surface area contributed by atoms with Crippen molar-refractivity contribution in [3.05, 3.63) is 90.1 Å². The first-order valence-corrected chi connectivity index (χ1v) is 10.4. The van der Waals surface area contributed by atoms with E-state index in [2.05, 4.69) is 85.4 Å². The SMILES string of the molecule is Cc1ccc2c(sc3cc(C#N)ccc32)c1-c1cc(-c2ccccc2)cc[n+]1C. The van der Waals surface area contributed by atoms with Crippen LogP contribution in [0.5, 0.6) is 0 Å². The molecule has 3 aromatic carbocycles. The molecule has 29 heavy (non-hydrogen) atoms. The highest BCUT2D eigenvalue weighted by Crippen LogP contribution is 2.41. The zero-order valence-corrected chi connectivity index (χ0v) is 17.1. The summed E-state index contributed by atoms with van der Waals surface area (Å²) in [5.74, 6) is 0. The highest BCUT2D eigenvalue weighted by molar-refractivity contribution is 7.26. The molecule has 5 rings (SSSR count). The molecule has 0 unspecified atom stereocenters. The van der Waals surface area contributed by atoms with E-state index in [0.717, 1.165) is 4.70 Å². The lowest BCUT2D eigenvalue weighted by atomic mass is 9.98. The van der Waals surface area contributed by atoms with Crippen molar-refractivity contribution in [3.8, 4) is 28.5 Å². The summed E-state index contributed by atoms with van der Waals surface area (Å²) in [7, 11) is 2.10. The third kappa shape index (κ3) is 2.90. The van der Waals surface area contributed by atoms with Crippen LogP contribution in [0.1, 0.15) is 11.1 Å². The summed E-state index contributed by atoms with van der Waals surface area (Å²) in [6.45, 7) is 2.18. The number of aromatic nitrogens is 1. The molecule has 0 aliphatic carbocycles.